The van der Waals surface area contributed by atoms with Gasteiger partial charge in [0.05, 0.1) is 12.7 Å². The Balaban J connectivity index is 1.45. The van der Waals surface area contributed by atoms with Crippen molar-refractivity contribution in [2.45, 2.75) is 38.6 Å². The number of piperidine rings is 1. The Morgan fingerprint density at radius 3 is 2.85 bits per heavy atom. The molecule has 0 saturated carbocycles. The minimum Gasteiger partial charge on any atom is -0.375 e. The Morgan fingerprint density at radius 1 is 1.15 bits per heavy atom. The second-order valence-electron chi connectivity index (χ2n) is 7.35. The Labute approximate surface area is 154 Å². The highest BCUT2D eigenvalue weighted by Crippen LogP contribution is 2.26. The van der Waals surface area contributed by atoms with Crippen LogP contribution in [0.15, 0.2) is 42.7 Å². The molecule has 26 heavy (non-hydrogen) atoms. The number of rotatable bonds is 4. The summed E-state index contributed by atoms with van der Waals surface area (Å²) in [5.41, 5.74) is 3.14. The molecule has 2 fully saturated rings. The highest BCUT2D eigenvalue weighted by molar-refractivity contribution is 5.27. The lowest BCUT2D eigenvalue weighted by atomic mass is 9.97. The molecule has 2 saturated heterocycles. The average molecular weight is 355 g/mol. The molecule has 2 aromatic rings. The molecule has 1 aromatic heterocycles. The van der Waals surface area contributed by atoms with Crippen LogP contribution in [-0.4, -0.2) is 53.2 Å². The molecule has 4 nitrogen and oxygen atoms in total. The van der Waals surface area contributed by atoms with Crippen molar-refractivity contribution in [2.75, 3.05) is 26.2 Å². The van der Waals surface area contributed by atoms with Crippen molar-refractivity contribution in [1.29, 1.82) is 0 Å². The highest BCUT2D eigenvalue weighted by Gasteiger charge is 2.37. The number of hydrogen-bond acceptors (Lipinski definition) is 4. The van der Waals surface area contributed by atoms with E-state index < -0.39 is 0 Å². The molecule has 0 bridgehead atoms. The van der Waals surface area contributed by atoms with Crippen LogP contribution in [0.1, 0.15) is 23.1 Å². The normalized spacial score (nSPS) is 24.4. The molecule has 5 heteroatoms. The van der Waals surface area contributed by atoms with Crippen LogP contribution in [0.2, 0.25) is 0 Å². The monoisotopic (exact) mass is 355 g/mol. The second-order valence-corrected chi connectivity index (χ2v) is 7.35. The first-order valence-corrected chi connectivity index (χ1v) is 9.41. The van der Waals surface area contributed by atoms with Crippen molar-refractivity contribution in [2.24, 2.45) is 0 Å². The number of benzene rings is 1. The summed E-state index contributed by atoms with van der Waals surface area (Å²) < 4.78 is 19.9. The summed E-state index contributed by atoms with van der Waals surface area (Å²) in [5.74, 6) is -0.113. The van der Waals surface area contributed by atoms with E-state index in [4.69, 9.17) is 4.74 Å². The largest absolute Gasteiger partial charge is 0.375 e. The Bertz CT molecular complexity index is 739. The molecule has 2 aliphatic rings. The number of likely N-dealkylation sites (tertiary alicyclic amines) is 1. The third-order valence-electron chi connectivity index (χ3n) is 5.69. The summed E-state index contributed by atoms with van der Waals surface area (Å²) in [6.07, 6.45) is 5.04. The molecule has 2 atom stereocenters. The fourth-order valence-electron chi connectivity index (χ4n) is 4.13. The summed E-state index contributed by atoms with van der Waals surface area (Å²) in [6.45, 7) is 7.32. The number of fused-ring (bicyclic) bond motifs is 1. The summed E-state index contributed by atoms with van der Waals surface area (Å²) in [4.78, 5) is 9.09. The van der Waals surface area contributed by atoms with Gasteiger partial charge in [-0.1, -0.05) is 12.1 Å². The lowest BCUT2D eigenvalue weighted by Crippen LogP contribution is -2.59. The van der Waals surface area contributed by atoms with E-state index in [0.717, 1.165) is 56.9 Å². The van der Waals surface area contributed by atoms with Crippen LogP contribution < -0.4 is 0 Å². The maximum Gasteiger partial charge on any atom is 0.126 e. The topological polar surface area (TPSA) is 28.6 Å². The molecule has 0 N–H and O–H groups in total. The van der Waals surface area contributed by atoms with Gasteiger partial charge in [-0.25, -0.2) is 4.39 Å². The zero-order chi connectivity index (χ0) is 17.9. The zero-order valence-corrected chi connectivity index (χ0v) is 15.3. The quantitative estimate of drug-likeness (QED) is 0.843. The Morgan fingerprint density at radius 2 is 2.00 bits per heavy atom. The van der Waals surface area contributed by atoms with Crippen molar-refractivity contribution in [1.82, 2.24) is 14.8 Å². The van der Waals surface area contributed by atoms with Gasteiger partial charge in [0.25, 0.3) is 0 Å². The smallest absolute Gasteiger partial charge is 0.126 e. The number of aromatic nitrogens is 1. The first-order chi connectivity index (χ1) is 12.7. The van der Waals surface area contributed by atoms with Gasteiger partial charge >= 0.3 is 0 Å². The summed E-state index contributed by atoms with van der Waals surface area (Å²) in [6, 6.07) is 9.94. The third kappa shape index (κ3) is 3.80. The average Bonchev–Trinajstić information content (AvgIpc) is 2.67. The Kier molecular flexibility index (Phi) is 5.29. The molecule has 4 rings (SSSR count). The van der Waals surface area contributed by atoms with E-state index >= 15 is 0 Å². The number of nitrogens with zero attached hydrogens (tertiary/aromatic N) is 3. The van der Waals surface area contributed by atoms with Gasteiger partial charge < -0.3 is 4.74 Å². The van der Waals surface area contributed by atoms with Crippen molar-refractivity contribution in [3.8, 4) is 0 Å². The van der Waals surface area contributed by atoms with Crippen LogP contribution in [0.5, 0.6) is 0 Å². The molecule has 0 radical (unpaired) electrons. The minimum absolute atomic E-state index is 0.113. The molecular formula is C21H26FN3O. The van der Waals surface area contributed by atoms with Gasteiger partial charge in [-0.2, -0.15) is 0 Å². The van der Waals surface area contributed by atoms with E-state index in [1.54, 1.807) is 0 Å². The molecule has 138 valence electrons. The van der Waals surface area contributed by atoms with Crippen molar-refractivity contribution in [3.63, 3.8) is 0 Å². The van der Waals surface area contributed by atoms with E-state index in [1.807, 2.05) is 31.5 Å². The molecule has 3 heterocycles. The van der Waals surface area contributed by atoms with E-state index in [1.165, 1.54) is 11.6 Å². The number of pyridine rings is 1. The Hall–Kier alpha value is -1.82. The van der Waals surface area contributed by atoms with Gasteiger partial charge in [0.1, 0.15) is 5.82 Å². The fraction of sp³-hybridized carbons (Fsp3) is 0.476. The lowest BCUT2D eigenvalue weighted by Gasteiger charge is -2.47. The molecule has 0 aliphatic carbocycles. The van der Waals surface area contributed by atoms with Gasteiger partial charge in [0.15, 0.2) is 0 Å². The van der Waals surface area contributed by atoms with Crippen LogP contribution in [0.25, 0.3) is 0 Å². The van der Waals surface area contributed by atoms with Crippen molar-refractivity contribution < 1.29 is 9.13 Å². The van der Waals surface area contributed by atoms with Gasteiger partial charge in [0, 0.05) is 51.2 Å². The van der Waals surface area contributed by atoms with E-state index in [2.05, 4.69) is 26.9 Å². The third-order valence-corrected chi connectivity index (χ3v) is 5.69. The SMILES string of the molecule is Cc1c(F)cccc1CN1CC[C@H]2OCCN(Cc3ccncc3)[C@@H]2C1. The van der Waals surface area contributed by atoms with Crippen molar-refractivity contribution >= 4 is 0 Å². The molecule has 0 spiro atoms. The zero-order valence-electron chi connectivity index (χ0n) is 15.3. The first kappa shape index (κ1) is 17.6. The van der Waals surface area contributed by atoms with Crippen LogP contribution in [0.3, 0.4) is 0 Å². The number of hydrogen-bond donors (Lipinski definition) is 0. The van der Waals surface area contributed by atoms with Gasteiger partial charge in [-0.3, -0.25) is 14.8 Å². The molecule has 2 aliphatic heterocycles. The second kappa shape index (κ2) is 7.82. The predicted octanol–water partition coefficient (Wildman–Crippen LogP) is 3.00. The van der Waals surface area contributed by atoms with Crippen molar-refractivity contribution in [3.05, 3.63) is 65.2 Å². The fourth-order valence-corrected chi connectivity index (χ4v) is 4.13. The van der Waals surface area contributed by atoms with Gasteiger partial charge in [-0.05, 0) is 48.2 Å². The van der Waals surface area contributed by atoms with E-state index in [0.29, 0.717) is 12.1 Å². The van der Waals surface area contributed by atoms with Gasteiger partial charge in [0.2, 0.25) is 0 Å². The van der Waals surface area contributed by atoms with Crippen LogP contribution >= 0.6 is 0 Å². The maximum absolute atomic E-state index is 13.9. The maximum atomic E-state index is 13.9. The molecule has 0 amide bonds. The lowest BCUT2D eigenvalue weighted by molar-refractivity contribution is -0.107. The van der Waals surface area contributed by atoms with Crippen LogP contribution in [0, 0.1) is 12.7 Å². The van der Waals surface area contributed by atoms with E-state index in [9.17, 15) is 4.39 Å². The van der Waals surface area contributed by atoms with Gasteiger partial charge in [-0.15, -0.1) is 0 Å². The minimum atomic E-state index is -0.113. The van der Waals surface area contributed by atoms with E-state index in [-0.39, 0.29) is 5.82 Å². The molecule has 0 unspecified atom stereocenters. The van der Waals surface area contributed by atoms with Crippen LogP contribution in [-0.2, 0) is 17.8 Å². The number of halogens is 1. The molecular weight excluding hydrogens is 329 g/mol. The number of ether oxygens (including phenoxy) is 1. The van der Waals surface area contributed by atoms with Crippen LogP contribution in [0.4, 0.5) is 4.39 Å². The first-order valence-electron chi connectivity index (χ1n) is 9.41. The predicted molar refractivity (Wildman–Crippen MR) is 99.2 cm³/mol. The molecule has 1 aromatic carbocycles. The standard InChI is InChI=1S/C21H26FN3O/c1-16-18(3-2-4-19(16)22)14-24-10-7-21-20(15-24)25(11-12-26-21)13-17-5-8-23-9-6-17/h2-6,8-9,20-21H,7,10-15H2,1H3/t20-,21-/m1/s1. The summed E-state index contributed by atoms with van der Waals surface area (Å²) in [7, 11) is 0. The summed E-state index contributed by atoms with van der Waals surface area (Å²) >= 11 is 0. The summed E-state index contributed by atoms with van der Waals surface area (Å²) in [5, 5.41) is 0. The highest BCUT2D eigenvalue weighted by atomic mass is 19.1. The number of morpholine rings is 1.